The summed E-state index contributed by atoms with van der Waals surface area (Å²) in [6.45, 7) is 0.860. The van der Waals surface area contributed by atoms with Gasteiger partial charge in [-0.25, -0.2) is 0 Å². The van der Waals surface area contributed by atoms with Gasteiger partial charge in [0, 0.05) is 32.2 Å². The number of nitro benzene ring substituents is 1. The average Bonchev–Trinajstić information content (AvgIpc) is 3.22. The Morgan fingerprint density at radius 2 is 1.67 bits per heavy atom. The predicted molar refractivity (Wildman–Crippen MR) is 92.9 cm³/mol. The van der Waals surface area contributed by atoms with Gasteiger partial charge in [-0.15, -0.1) is 0 Å². The number of nitro groups is 1. The number of amides is 3. The number of carbonyl (C=O) groups excluding carboxylic acids is 3. The lowest BCUT2D eigenvalue weighted by Crippen LogP contribution is -2.53. The Hall–Kier alpha value is -3.69. The summed E-state index contributed by atoms with van der Waals surface area (Å²) >= 11 is 0. The summed E-state index contributed by atoms with van der Waals surface area (Å²) in [5, 5.41) is 13.3. The van der Waals surface area contributed by atoms with Crippen LogP contribution in [0.25, 0.3) is 0 Å². The highest BCUT2D eigenvalue weighted by Crippen LogP contribution is 2.23. The van der Waals surface area contributed by atoms with Gasteiger partial charge in [-0.05, 0) is 18.2 Å². The van der Waals surface area contributed by atoms with Gasteiger partial charge in [0.05, 0.1) is 11.2 Å². The largest absolute Gasteiger partial charge is 0.459 e. The first kappa shape index (κ1) is 18.1. The Bertz CT molecular complexity index is 871. The van der Waals surface area contributed by atoms with Crippen LogP contribution in [-0.2, 0) is 9.59 Å². The fourth-order valence-corrected chi connectivity index (χ4v) is 2.73. The first-order chi connectivity index (χ1) is 13.0. The number of hydrogen-bond donors (Lipinski definition) is 1. The van der Waals surface area contributed by atoms with Crippen molar-refractivity contribution in [2.24, 2.45) is 0 Å². The van der Waals surface area contributed by atoms with E-state index in [0.717, 1.165) is 0 Å². The molecule has 1 aromatic carbocycles. The van der Waals surface area contributed by atoms with Gasteiger partial charge in [0.15, 0.2) is 5.76 Å². The van der Waals surface area contributed by atoms with Gasteiger partial charge in [0.2, 0.25) is 0 Å². The zero-order valence-electron chi connectivity index (χ0n) is 14.2. The summed E-state index contributed by atoms with van der Waals surface area (Å²) < 4.78 is 5.07. The van der Waals surface area contributed by atoms with Gasteiger partial charge in [-0.2, -0.15) is 0 Å². The molecular formula is C17H16N4O6. The quantitative estimate of drug-likeness (QED) is 0.489. The molecule has 0 spiro atoms. The highest BCUT2D eigenvalue weighted by atomic mass is 16.6. The van der Waals surface area contributed by atoms with Crippen molar-refractivity contribution >= 4 is 29.1 Å². The molecule has 2 heterocycles. The van der Waals surface area contributed by atoms with Crippen LogP contribution in [0.15, 0.2) is 47.1 Å². The summed E-state index contributed by atoms with van der Waals surface area (Å²) in [5.41, 5.74) is -0.347. The number of hydrogen-bond acceptors (Lipinski definition) is 6. The minimum Gasteiger partial charge on any atom is -0.459 e. The third kappa shape index (κ3) is 3.94. The fourth-order valence-electron chi connectivity index (χ4n) is 2.73. The Morgan fingerprint density at radius 3 is 2.30 bits per heavy atom. The second kappa shape index (κ2) is 7.68. The van der Waals surface area contributed by atoms with E-state index < -0.39 is 16.7 Å². The van der Waals surface area contributed by atoms with Crippen LogP contribution in [0.3, 0.4) is 0 Å². The van der Waals surface area contributed by atoms with Crippen LogP contribution >= 0.6 is 0 Å². The van der Waals surface area contributed by atoms with Crippen LogP contribution in [0.5, 0.6) is 0 Å². The lowest BCUT2D eigenvalue weighted by atomic mass is 10.2. The summed E-state index contributed by atoms with van der Waals surface area (Å²) in [6, 6.07) is 8.74. The maximum atomic E-state index is 12.3. The van der Waals surface area contributed by atoms with Crippen molar-refractivity contribution in [2.45, 2.75) is 0 Å². The molecule has 0 unspecified atom stereocenters. The normalized spacial score (nSPS) is 13.9. The van der Waals surface area contributed by atoms with Crippen LogP contribution in [-0.4, -0.2) is 58.6 Å². The number of anilines is 1. The van der Waals surface area contributed by atoms with Crippen molar-refractivity contribution in [3.05, 3.63) is 58.5 Å². The lowest BCUT2D eigenvalue weighted by Gasteiger charge is -2.33. The third-order valence-corrected chi connectivity index (χ3v) is 4.13. The Morgan fingerprint density at radius 1 is 1.00 bits per heavy atom. The van der Waals surface area contributed by atoms with Crippen LogP contribution in [0.2, 0.25) is 0 Å². The third-order valence-electron chi connectivity index (χ3n) is 4.13. The van der Waals surface area contributed by atoms with Crippen LogP contribution in [0.1, 0.15) is 10.6 Å². The number of benzene rings is 1. The summed E-state index contributed by atoms with van der Waals surface area (Å²) in [7, 11) is 0. The number of nitrogens with one attached hydrogen (secondary N) is 1. The molecule has 1 aromatic heterocycles. The molecule has 0 aliphatic carbocycles. The van der Waals surface area contributed by atoms with Crippen molar-refractivity contribution in [3.8, 4) is 0 Å². The molecular weight excluding hydrogens is 356 g/mol. The van der Waals surface area contributed by atoms with Crippen LogP contribution in [0, 0.1) is 10.1 Å². The van der Waals surface area contributed by atoms with Gasteiger partial charge in [-0.3, -0.25) is 24.5 Å². The fraction of sp³-hybridized carbons (Fsp3) is 0.235. The smallest absolute Gasteiger partial charge is 0.314 e. The summed E-state index contributed by atoms with van der Waals surface area (Å²) in [6.07, 6.45) is 1.40. The monoisotopic (exact) mass is 372 g/mol. The highest BCUT2D eigenvalue weighted by Gasteiger charge is 2.30. The molecule has 10 heteroatoms. The predicted octanol–water partition coefficient (Wildman–Crippen LogP) is 1.11. The first-order valence-corrected chi connectivity index (χ1v) is 8.14. The first-order valence-electron chi connectivity index (χ1n) is 8.14. The van der Waals surface area contributed by atoms with Crippen molar-refractivity contribution in [2.75, 3.05) is 31.5 Å². The molecule has 3 amide bonds. The minimum atomic E-state index is -0.963. The van der Waals surface area contributed by atoms with E-state index >= 15 is 0 Å². The van der Waals surface area contributed by atoms with Gasteiger partial charge >= 0.3 is 11.8 Å². The molecule has 1 fully saturated rings. The molecule has 0 radical (unpaired) electrons. The zero-order chi connectivity index (χ0) is 19.4. The van der Waals surface area contributed by atoms with E-state index in [1.165, 1.54) is 40.3 Å². The van der Waals surface area contributed by atoms with E-state index in [0.29, 0.717) is 0 Å². The van der Waals surface area contributed by atoms with Crippen molar-refractivity contribution in [3.63, 3.8) is 0 Å². The molecule has 1 saturated heterocycles. The standard InChI is InChI=1S/C17H16N4O6/c22-15(18-12-4-1-2-5-13(12)21(25)26)17(24)20-9-7-19(8-10-20)16(23)14-6-3-11-27-14/h1-6,11H,7-10H2,(H,18,22). The van der Waals surface area contributed by atoms with E-state index in [9.17, 15) is 24.5 Å². The number of furan rings is 1. The molecule has 3 rings (SSSR count). The van der Waals surface area contributed by atoms with Crippen molar-refractivity contribution in [1.82, 2.24) is 9.80 Å². The molecule has 2 aromatic rings. The minimum absolute atomic E-state index is 0.0486. The SMILES string of the molecule is O=C(Nc1ccccc1[N+](=O)[O-])C(=O)N1CCN(C(=O)c2ccco2)CC1. The lowest BCUT2D eigenvalue weighted by molar-refractivity contribution is -0.383. The zero-order valence-corrected chi connectivity index (χ0v) is 14.2. The Kier molecular flexibility index (Phi) is 5.15. The average molecular weight is 372 g/mol. The molecule has 1 N–H and O–H groups in total. The molecule has 1 aliphatic rings. The molecule has 0 atom stereocenters. The number of rotatable bonds is 3. The van der Waals surface area contributed by atoms with E-state index in [-0.39, 0.29) is 49.2 Å². The Balaban J connectivity index is 1.58. The second-order valence-corrected chi connectivity index (χ2v) is 5.79. The molecule has 1 aliphatic heterocycles. The van der Waals surface area contributed by atoms with Crippen LogP contribution in [0.4, 0.5) is 11.4 Å². The van der Waals surface area contributed by atoms with Crippen molar-refractivity contribution < 1.29 is 23.7 Å². The molecule has 0 bridgehead atoms. The van der Waals surface area contributed by atoms with Gasteiger partial charge in [-0.1, -0.05) is 12.1 Å². The van der Waals surface area contributed by atoms with E-state index in [1.54, 1.807) is 12.1 Å². The van der Waals surface area contributed by atoms with Gasteiger partial charge in [0.1, 0.15) is 5.69 Å². The number of para-hydroxylation sites is 2. The highest BCUT2D eigenvalue weighted by molar-refractivity contribution is 6.39. The second-order valence-electron chi connectivity index (χ2n) is 5.79. The maximum Gasteiger partial charge on any atom is 0.314 e. The number of carbonyl (C=O) groups is 3. The van der Waals surface area contributed by atoms with E-state index in [4.69, 9.17) is 4.42 Å². The Labute approximate surface area is 153 Å². The summed E-state index contributed by atoms with van der Waals surface area (Å²) in [4.78, 5) is 49.9. The maximum absolute atomic E-state index is 12.3. The van der Waals surface area contributed by atoms with Crippen LogP contribution < -0.4 is 5.32 Å². The van der Waals surface area contributed by atoms with E-state index in [1.807, 2.05) is 0 Å². The number of nitrogens with zero attached hydrogens (tertiary/aromatic N) is 3. The topological polar surface area (TPSA) is 126 Å². The van der Waals surface area contributed by atoms with Gasteiger partial charge in [0.25, 0.3) is 11.6 Å². The molecule has 140 valence electrons. The molecule has 27 heavy (non-hydrogen) atoms. The number of piperazine rings is 1. The van der Waals surface area contributed by atoms with E-state index in [2.05, 4.69) is 5.32 Å². The molecule has 0 saturated carbocycles. The van der Waals surface area contributed by atoms with Crippen molar-refractivity contribution in [1.29, 1.82) is 0 Å². The summed E-state index contributed by atoms with van der Waals surface area (Å²) in [5.74, 6) is -1.84. The van der Waals surface area contributed by atoms with Gasteiger partial charge < -0.3 is 19.5 Å². The molecule has 10 nitrogen and oxygen atoms in total.